The van der Waals surface area contributed by atoms with Crippen molar-refractivity contribution in [2.45, 2.75) is 39.3 Å². The Labute approximate surface area is 279 Å². The average Bonchev–Trinajstić information content (AvgIpc) is 3.66. The Hall–Kier alpha value is -5.47. The molecule has 0 saturated carbocycles. The summed E-state index contributed by atoms with van der Waals surface area (Å²) in [4.78, 5) is 29.3. The molecule has 48 heavy (non-hydrogen) atoms. The molecule has 4 aromatic rings. The second-order valence-corrected chi connectivity index (χ2v) is 14.3. The lowest BCUT2D eigenvalue weighted by molar-refractivity contribution is -0.142. The van der Waals surface area contributed by atoms with Crippen molar-refractivity contribution in [2.75, 3.05) is 18.6 Å². The maximum atomic E-state index is 14.5. The lowest BCUT2D eigenvalue weighted by Gasteiger charge is -2.32. The summed E-state index contributed by atoms with van der Waals surface area (Å²) in [6.07, 6.45) is 3.52. The monoisotopic (exact) mass is 662 g/mol. The fourth-order valence-electron chi connectivity index (χ4n) is 6.07. The molecule has 2 aliphatic heterocycles. The van der Waals surface area contributed by atoms with Crippen LogP contribution in [0.25, 0.3) is 28.6 Å². The van der Waals surface area contributed by atoms with Crippen molar-refractivity contribution in [2.24, 2.45) is 0 Å². The van der Waals surface area contributed by atoms with Crippen molar-refractivity contribution < 1.29 is 27.5 Å². The van der Waals surface area contributed by atoms with Gasteiger partial charge in [-0.25, -0.2) is 13.1 Å². The zero-order valence-corrected chi connectivity index (χ0v) is 27.8. The number of ether oxygens (including phenoxy) is 2. The molecule has 6 rings (SSSR count). The van der Waals surface area contributed by atoms with Crippen molar-refractivity contribution in [3.8, 4) is 34.5 Å². The maximum absolute atomic E-state index is 14.5. The van der Waals surface area contributed by atoms with Gasteiger partial charge in [0.05, 0.1) is 47.7 Å². The smallest absolute Gasteiger partial charge is 0.272 e. The number of aromatic nitrogens is 2. The van der Waals surface area contributed by atoms with Crippen molar-refractivity contribution in [3.05, 3.63) is 107 Å². The highest BCUT2D eigenvalue weighted by Gasteiger charge is 2.45. The lowest BCUT2D eigenvalue weighted by Crippen LogP contribution is -2.49. The van der Waals surface area contributed by atoms with Gasteiger partial charge in [0.25, 0.3) is 11.8 Å². The molecule has 10 nitrogen and oxygen atoms in total. The van der Waals surface area contributed by atoms with Gasteiger partial charge in [-0.3, -0.25) is 14.5 Å². The molecule has 0 N–H and O–H groups in total. The average molecular weight is 663 g/mol. The third kappa shape index (κ3) is 6.27. The van der Waals surface area contributed by atoms with E-state index in [1.807, 2.05) is 75.4 Å². The number of carbonyl (C=O) groups excluding carboxylic acids is 2. The first kappa shape index (κ1) is 32.5. The summed E-state index contributed by atoms with van der Waals surface area (Å²) < 4.78 is 37.9. The summed E-state index contributed by atoms with van der Waals surface area (Å²) in [5.74, 6) is -0.695. The number of para-hydroxylation sites is 1. The molecule has 3 aromatic carbocycles. The minimum atomic E-state index is -3.45. The Morgan fingerprint density at radius 2 is 1.71 bits per heavy atom. The molecule has 1 atom stereocenters. The molecule has 0 radical (unpaired) electrons. The second-order valence-electron chi connectivity index (χ2n) is 12.0. The molecule has 244 valence electrons. The quantitative estimate of drug-likeness (QED) is 0.177. The Morgan fingerprint density at radius 3 is 2.31 bits per heavy atom. The van der Waals surface area contributed by atoms with Crippen LogP contribution in [0.3, 0.4) is 0 Å². The number of amides is 2. The van der Waals surface area contributed by atoms with Gasteiger partial charge in [-0.15, -0.1) is 0 Å². The van der Waals surface area contributed by atoms with E-state index in [9.17, 15) is 23.3 Å². The molecule has 0 bridgehead atoms. The highest BCUT2D eigenvalue weighted by atomic mass is 32.2. The van der Waals surface area contributed by atoms with Gasteiger partial charge in [-0.1, -0.05) is 30.3 Å². The second kappa shape index (κ2) is 13.0. The van der Waals surface area contributed by atoms with E-state index < -0.39 is 27.7 Å². The molecule has 2 aliphatic rings. The lowest BCUT2D eigenvalue weighted by atomic mass is 9.86. The third-order valence-corrected chi connectivity index (χ3v) is 10.1. The van der Waals surface area contributed by atoms with Gasteiger partial charge >= 0.3 is 0 Å². The van der Waals surface area contributed by atoms with E-state index in [0.717, 1.165) is 27.5 Å². The predicted molar refractivity (Wildman–Crippen MR) is 182 cm³/mol. The van der Waals surface area contributed by atoms with Gasteiger partial charge in [-0.2, -0.15) is 10.4 Å². The molecule has 1 aromatic heterocycles. The Bertz CT molecular complexity index is 2120. The SMILES string of the molecule is COc1ccc(C2=C(C#N)C(=O)N(C3CCS(=O)(=O)C3)C(=O)/C2=C\c2cn(-c3ccccc3)nc2-c2ccc(OC(C)C)c(C)c2)cc1. The summed E-state index contributed by atoms with van der Waals surface area (Å²) >= 11 is 0. The molecular formula is C37H34N4O6S. The normalized spacial score (nSPS) is 18.5. The van der Waals surface area contributed by atoms with Gasteiger partial charge in [0, 0.05) is 22.9 Å². The number of nitriles is 1. The van der Waals surface area contributed by atoms with E-state index in [2.05, 4.69) is 0 Å². The number of carbonyl (C=O) groups is 2. The molecule has 0 spiro atoms. The Kier molecular flexibility index (Phi) is 8.77. The molecule has 1 unspecified atom stereocenters. The van der Waals surface area contributed by atoms with Crippen LogP contribution in [0, 0.1) is 18.3 Å². The van der Waals surface area contributed by atoms with E-state index in [1.54, 1.807) is 41.2 Å². The molecule has 0 aliphatic carbocycles. The highest BCUT2D eigenvalue weighted by molar-refractivity contribution is 7.91. The first-order valence-electron chi connectivity index (χ1n) is 15.5. The molecule has 1 fully saturated rings. The molecular weight excluding hydrogens is 628 g/mol. The van der Waals surface area contributed by atoms with Gasteiger partial charge in [0.1, 0.15) is 23.1 Å². The molecule has 1 saturated heterocycles. The molecule has 3 heterocycles. The summed E-state index contributed by atoms with van der Waals surface area (Å²) in [5.41, 5.74) is 3.99. The van der Waals surface area contributed by atoms with Crippen LogP contribution in [-0.2, 0) is 19.4 Å². The van der Waals surface area contributed by atoms with Crippen LogP contribution in [0.5, 0.6) is 11.5 Å². The van der Waals surface area contributed by atoms with Gasteiger partial charge < -0.3 is 9.47 Å². The largest absolute Gasteiger partial charge is 0.497 e. The summed E-state index contributed by atoms with van der Waals surface area (Å²) in [6.45, 7) is 5.86. The van der Waals surface area contributed by atoms with Crippen LogP contribution in [-0.4, -0.2) is 65.7 Å². The van der Waals surface area contributed by atoms with Crippen LogP contribution in [0.2, 0.25) is 0 Å². The minimum absolute atomic E-state index is 0.0116. The Morgan fingerprint density at radius 1 is 1.00 bits per heavy atom. The fourth-order valence-corrected chi connectivity index (χ4v) is 7.77. The van der Waals surface area contributed by atoms with Crippen LogP contribution in [0.4, 0.5) is 0 Å². The van der Waals surface area contributed by atoms with Crippen LogP contribution < -0.4 is 9.47 Å². The Balaban J connectivity index is 1.58. The summed E-state index contributed by atoms with van der Waals surface area (Å²) in [7, 11) is -1.93. The number of sulfone groups is 1. The first-order valence-corrected chi connectivity index (χ1v) is 17.3. The number of aryl methyl sites for hydroxylation is 1. The first-order chi connectivity index (χ1) is 23.0. The number of benzene rings is 3. The summed E-state index contributed by atoms with van der Waals surface area (Å²) in [5, 5.41) is 15.3. The number of methoxy groups -OCH3 is 1. The van der Waals surface area contributed by atoms with Gasteiger partial charge in [0.15, 0.2) is 9.84 Å². The standard InChI is InChI=1S/C37H34N4O6S/c1-23(2)47-33-15-12-26(18-24(33)3)35-27(21-40(39-35)28-8-6-5-7-9-28)19-31-34(25-10-13-30(46-4)14-11-25)32(20-38)37(43)41(36(31)42)29-16-17-48(44,45)22-29/h5-15,18-19,21,23,29H,16-17,22H2,1-4H3/b31-19-. The zero-order chi connectivity index (χ0) is 34.2. The van der Waals surface area contributed by atoms with Crippen LogP contribution in [0.1, 0.15) is 37.0 Å². The number of rotatable bonds is 8. The number of hydrogen-bond donors (Lipinski definition) is 0. The number of imide groups is 1. The van der Waals surface area contributed by atoms with E-state index in [1.165, 1.54) is 7.11 Å². The summed E-state index contributed by atoms with van der Waals surface area (Å²) in [6, 6.07) is 23.1. The third-order valence-electron chi connectivity index (χ3n) is 8.34. The molecule has 11 heteroatoms. The van der Waals surface area contributed by atoms with E-state index in [0.29, 0.717) is 22.6 Å². The van der Waals surface area contributed by atoms with Crippen molar-refractivity contribution in [3.63, 3.8) is 0 Å². The van der Waals surface area contributed by atoms with Crippen molar-refractivity contribution in [1.29, 1.82) is 5.26 Å². The topological polar surface area (TPSA) is 132 Å². The van der Waals surface area contributed by atoms with E-state index in [-0.39, 0.29) is 40.7 Å². The van der Waals surface area contributed by atoms with Crippen molar-refractivity contribution in [1.82, 2.24) is 14.7 Å². The van der Waals surface area contributed by atoms with E-state index in [4.69, 9.17) is 14.6 Å². The maximum Gasteiger partial charge on any atom is 0.272 e. The van der Waals surface area contributed by atoms with Gasteiger partial charge in [0.2, 0.25) is 0 Å². The predicted octanol–water partition coefficient (Wildman–Crippen LogP) is 5.56. The number of nitrogens with zero attached hydrogens (tertiary/aromatic N) is 4. The van der Waals surface area contributed by atoms with Crippen LogP contribution in [0.15, 0.2) is 90.1 Å². The van der Waals surface area contributed by atoms with Crippen molar-refractivity contribution >= 4 is 33.3 Å². The molecule has 2 amide bonds. The minimum Gasteiger partial charge on any atom is -0.497 e. The highest BCUT2D eigenvalue weighted by Crippen LogP contribution is 2.39. The van der Waals surface area contributed by atoms with E-state index >= 15 is 0 Å². The van der Waals surface area contributed by atoms with Gasteiger partial charge in [-0.05, 0) is 86.9 Å². The van der Waals surface area contributed by atoms with Crippen LogP contribution >= 0.6 is 0 Å². The fraction of sp³-hybridized carbons (Fsp3) is 0.243. The number of hydrogen-bond acceptors (Lipinski definition) is 8. The zero-order valence-electron chi connectivity index (χ0n) is 27.0.